The number of hydrogen-bond donors (Lipinski definition) is 1. The Hall–Kier alpha value is -1.24. The topological polar surface area (TPSA) is 61.9 Å². The minimum absolute atomic E-state index is 0.00971. The van der Waals surface area contributed by atoms with Gasteiger partial charge in [0.05, 0.1) is 11.3 Å². The molecule has 0 saturated heterocycles. The van der Waals surface area contributed by atoms with Crippen LogP contribution in [0.5, 0.6) is 0 Å². The minimum Gasteiger partial charge on any atom is -0.310 e. The Balaban J connectivity index is 1.77. The van der Waals surface area contributed by atoms with E-state index in [4.69, 9.17) is 11.6 Å². The summed E-state index contributed by atoms with van der Waals surface area (Å²) >= 11 is 7.34. The molecule has 0 atom stereocenters. The molecule has 112 valence electrons. The number of aromatic nitrogens is 3. The van der Waals surface area contributed by atoms with Gasteiger partial charge in [-0.3, -0.25) is 9.69 Å². The maximum Gasteiger partial charge on any atom is 0.255 e. The van der Waals surface area contributed by atoms with Crippen molar-refractivity contribution in [1.29, 1.82) is 0 Å². The van der Waals surface area contributed by atoms with Crippen LogP contribution in [0.4, 0.5) is 0 Å². The van der Waals surface area contributed by atoms with Gasteiger partial charge < -0.3 is 4.98 Å². The van der Waals surface area contributed by atoms with Crippen molar-refractivity contribution >= 4 is 22.9 Å². The molecule has 0 amide bonds. The highest BCUT2D eigenvalue weighted by Gasteiger charge is 2.21. The Labute approximate surface area is 132 Å². The van der Waals surface area contributed by atoms with Crippen molar-refractivity contribution in [3.63, 3.8) is 0 Å². The average Bonchev–Trinajstić information content (AvgIpc) is 2.85. The van der Waals surface area contributed by atoms with Gasteiger partial charge in [0.1, 0.15) is 5.82 Å². The molecular weight excluding hydrogens is 308 g/mol. The summed E-state index contributed by atoms with van der Waals surface area (Å²) in [5, 5.41) is 0. The highest BCUT2D eigenvalue weighted by atomic mass is 35.5. The SMILES string of the molecule is CCCc1nc2c(c(=O)[nH]1)CN(Cc1cnc(Cl)s1)CC2. The lowest BCUT2D eigenvalue weighted by Crippen LogP contribution is -2.35. The molecule has 5 nitrogen and oxygen atoms in total. The number of halogens is 1. The molecule has 3 heterocycles. The largest absolute Gasteiger partial charge is 0.310 e. The van der Waals surface area contributed by atoms with Gasteiger partial charge in [-0.25, -0.2) is 9.97 Å². The first-order valence-electron chi connectivity index (χ1n) is 7.09. The van der Waals surface area contributed by atoms with Crippen LogP contribution in [0.2, 0.25) is 4.47 Å². The molecule has 0 unspecified atom stereocenters. The Bertz CT molecular complexity index is 697. The number of thiazole rings is 1. The second-order valence-corrected chi connectivity index (χ2v) is 6.93. The number of aromatic amines is 1. The third-order valence-electron chi connectivity index (χ3n) is 3.59. The molecule has 0 bridgehead atoms. The van der Waals surface area contributed by atoms with E-state index < -0.39 is 0 Å². The number of fused-ring (bicyclic) bond motifs is 1. The number of H-pyrrole nitrogens is 1. The highest BCUT2D eigenvalue weighted by molar-refractivity contribution is 7.15. The third kappa shape index (κ3) is 3.33. The van der Waals surface area contributed by atoms with Gasteiger partial charge in [0.25, 0.3) is 5.56 Å². The summed E-state index contributed by atoms with van der Waals surface area (Å²) in [5.74, 6) is 0.809. The zero-order valence-corrected chi connectivity index (χ0v) is 13.4. The van der Waals surface area contributed by atoms with Crippen molar-refractivity contribution in [2.24, 2.45) is 0 Å². The fourth-order valence-corrected chi connectivity index (χ4v) is 3.62. The normalized spacial score (nSPS) is 15.1. The van der Waals surface area contributed by atoms with Gasteiger partial charge in [0, 0.05) is 43.5 Å². The van der Waals surface area contributed by atoms with E-state index in [2.05, 4.69) is 26.8 Å². The van der Waals surface area contributed by atoms with Crippen molar-refractivity contribution in [3.8, 4) is 0 Å². The molecule has 0 saturated carbocycles. The zero-order chi connectivity index (χ0) is 14.8. The molecule has 2 aromatic rings. The molecule has 1 N–H and O–H groups in total. The molecule has 1 aliphatic rings. The minimum atomic E-state index is 0.00971. The summed E-state index contributed by atoms with van der Waals surface area (Å²) in [6.45, 7) is 4.41. The highest BCUT2D eigenvalue weighted by Crippen LogP contribution is 2.22. The second-order valence-electron chi connectivity index (χ2n) is 5.23. The predicted octanol–water partition coefficient (Wildman–Crippen LogP) is 2.39. The van der Waals surface area contributed by atoms with Gasteiger partial charge >= 0.3 is 0 Å². The first-order valence-corrected chi connectivity index (χ1v) is 8.28. The summed E-state index contributed by atoms with van der Waals surface area (Å²) in [7, 11) is 0. The lowest BCUT2D eigenvalue weighted by atomic mass is 10.1. The number of nitrogens with one attached hydrogen (secondary N) is 1. The van der Waals surface area contributed by atoms with Crippen molar-refractivity contribution in [2.75, 3.05) is 6.54 Å². The van der Waals surface area contributed by atoms with Crippen LogP contribution in [0.3, 0.4) is 0 Å². The van der Waals surface area contributed by atoms with Crippen molar-refractivity contribution in [3.05, 3.63) is 43.0 Å². The number of aryl methyl sites for hydroxylation is 1. The van der Waals surface area contributed by atoms with E-state index in [0.717, 1.165) is 54.3 Å². The molecule has 0 spiro atoms. The third-order valence-corrected chi connectivity index (χ3v) is 4.69. The van der Waals surface area contributed by atoms with Crippen LogP contribution < -0.4 is 5.56 Å². The Morgan fingerprint density at radius 3 is 3.10 bits per heavy atom. The number of hydrogen-bond acceptors (Lipinski definition) is 5. The van der Waals surface area contributed by atoms with E-state index in [1.165, 1.54) is 11.3 Å². The van der Waals surface area contributed by atoms with Gasteiger partial charge in [-0.15, -0.1) is 11.3 Å². The van der Waals surface area contributed by atoms with Crippen molar-refractivity contribution < 1.29 is 0 Å². The van der Waals surface area contributed by atoms with Crippen LogP contribution in [0.15, 0.2) is 11.0 Å². The Morgan fingerprint density at radius 1 is 1.52 bits per heavy atom. The van der Waals surface area contributed by atoms with Gasteiger partial charge in [0.2, 0.25) is 0 Å². The monoisotopic (exact) mass is 324 g/mol. The molecule has 0 fully saturated rings. The maximum atomic E-state index is 12.2. The summed E-state index contributed by atoms with van der Waals surface area (Å²) in [4.78, 5) is 27.1. The molecule has 0 aromatic carbocycles. The van der Waals surface area contributed by atoms with E-state index in [1.807, 2.05) is 0 Å². The maximum absolute atomic E-state index is 12.2. The zero-order valence-electron chi connectivity index (χ0n) is 11.9. The molecule has 0 aliphatic carbocycles. The summed E-state index contributed by atoms with van der Waals surface area (Å²) in [6, 6.07) is 0. The molecular formula is C14H17ClN4OS. The van der Waals surface area contributed by atoms with Crippen LogP contribution in [-0.2, 0) is 25.9 Å². The second kappa shape index (κ2) is 6.25. The number of rotatable bonds is 4. The van der Waals surface area contributed by atoms with Crippen molar-refractivity contribution in [1.82, 2.24) is 19.9 Å². The van der Waals surface area contributed by atoms with E-state index in [1.54, 1.807) is 6.20 Å². The van der Waals surface area contributed by atoms with Crippen molar-refractivity contribution in [2.45, 2.75) is 39.3 Å². The van der Waals surface area contributed by atoms with E-state index in [0.29, 0.717) is 11.0 Å². The predicted molar refractivity (Wildman–Crippen MR) is 83.8 cm³/mol. The van der Waals surface area contributed by atoms with Crippen LogP contribution in [0, 0.1) is 0 Å². The number of nitrogens with zero attached hydrogens (tertiary/aromatic N) is 3. The fourth-order valence-electron chi connectivity index (χ4n) is 2.60. The molecule has 21 heavy (non-hydrogen) atoms. The Morgan fingerprint density at radius 2 is 2.38 bits per heavy atom. The van der Waals surface area contributed by atoms with Gasteiger partial charge in [-0.2, -0.15) is 0 Å². The van der Waals surface area contributed by atoms with Crippen LogP contribution in [-0.4, -0.2) is 26.4 Å². The molecule has 1 aliphatic heterocycles. The molecule has 7 heteroatoms. The summed E-state index contributed by atoms with van der Waals surface area (Å²) in [6.07, 6.45) is 4.43. The van der Waals surface area contributed by atoms with Crippen LogP contribution in [0.1, 0.15) is 35.3 Å². The standard InChI is InChI=1S/C14H17ClN4OS/c1-2-3-12-17-11-4-5-19(8-10(11)13(20)18-12)7-9-6-16-14(15)21-9/h6H,2-5,7-8H2,1H3,(H,17,18,20). The molecule has 3 rings (SSSR count). The smallest absolute Gasteiger partial charge is 0.255 e. The van der Waals surface area contributed by atoms with E-state index in [9.17, 15) is 4.79 Å². The molecule has 2 aromatic heterocycles. The summed E-state index contributed by atoms with van der Waals surface area (Å²) in [5.41, 5.74) is 1.77. The lowest BCUT2D eigenvalue weighted by molar-refractivity contribution is 0.243. The van der Waals surface area contributed by atoms with Gasteiger partial charge in [-0.05, 0) is 6.42 Å². The lowest BCUT2D eigenvalue weighted by Gasteiger charge is -2.27. The quantitative estimate of drug-likeness (QED) is 0.938. The average molecular weight is 325 g/mol. The van der Waals surface area contributed by atoms with Gasteiger partial charge in [0.15, 0.2) is 4.47 Å². The van der Waals surface area contributed by atoms with E-state index in [-0.39, 0.29) is 5.56 Å². The summed E-state index contributed by atoms with van der Waals surface area (Å²) < 4.78 is 0.561. The fraction of sp³-hybridized carbons (Fsp3) is 0.500. The van der Waals surface area contributed by atoms with Crippen LogP contribution >= 0.6 is 22.9 Å². The first-order chi connectivity index (χ1) is 10.2. The Kier molecular flexibility index (Phi) is 4.37. The van der Waals surface area contributed by atoms with E-state index >= 15 is 0 Å². The van der Waals surface area contributed by atoms with Crippen LogP contribution in [0.25, 0.3) is 0 Å². The van der Waals surface area contributed by atoms with Gasteiger partial charge in [-0.1, -0.05) is 18.5 Å². The first kappa shape index (κ1) is 14.7. The molecule has 0 radical (unpaired) electrons.